The smallest absolute Gasteiger partial charge is 0.256 e. The van der Waals surface area contributed by atoms with Crippen molar-refractivity contribution in [3.05, 3.63) is 36.0 Å². The first-order valence-electron chi connectivity index (χ1n) is 8.81. The molecule has 0 radical (unpaired) electrons. The molecule has 0 bridgehead atoms. The average Bonchev–Trinajstić information content (AvgIpc) is 3.05. The Kier molecular flexibility index (Phi) is 6.86. The Hall–Kier alpha value is -2.50. The summed E-state index contributed by atoms with van der Waals surface area (Å²) in [6.07, 6.45) is 3.72. The van der Waals surface area contributed by atoms with Crippen molar-refractivity contribution < 1.29 is 14.3 Å². The summed E-state index contributed by atoms with van der Waals surface area (Å²) >= 11 is 0. The van der Waals surface area contributed by atoms with Crippen molar-refractivity contribution in [2.45, 2.75) is 46.6 Å². The van der Waals surface area contributed by atoms with Gasteiger partial charge < -0.3 is 14.8 Å². The quantitative estimate of drug-likeness (QED) is 0.688. The van der Waals surface area contributed by atoms with Crippen LogP contribution in [0.25, 0.3) is 0 Å². The van der Waals surface area contributed by atoms with Crippen LogP contribution in [0.2, 0.25) is 0 Å². The molecule has 136 valence electrons. The summed E-state index contributed by atoms with van der Waals surface area (Å²) in [6, 6.07) is 7.20. The lowest BCUT2D eigenvalue weighted by atomic mass is 10.2. The summed E-state index contributed by atoms with van der Waals surface area (Å²) in [7, 11) is 0. The predicted molar refractivity (Wildman–Crippen MR) is 98.6 cm³/mol. The van der Waals surface area contributed by atoms with E-state index in [0.29, 0.717) is 36.1 Å². The Morgan fingerprint density at radius 2 is 2.00 bits per heavy atom. The Bertz CT molecular complexity index is 695. The van der Waals surface area contributed by atoms with Gasteiger partial charge in [-0.1, -0.05) is 13.3 Å². The maximum atomic E-state index is 12.6. The Morgan fingerprint density at radius 3 is 2.68 bits per heavy atom. The van der Waals surface area contributed by atoms with E-state index < -0.39 is 0 Å². The third kappa shape index (κ3) is 4.98. The highest BCUT2D eigenvalue weighted by Gasteiger charge is 2.14. The van der Waals surface area contributed by atoms with E-state index in [1.807, 2.05) is 20.8 Å². The number of nitrogens with one attached hydrogen (secondary N) is 1. The van der Waals surface area contributed by atoms with Crippen LogP contribution < -0.4 is 14.8 Å². The first-order chi connectivity index (χ1) is 12.1. The molecule has 0 aliphatic rings. The molecule has 25 heavy (non-hydrogen) atoms. The van der Waals surface area contributed by atoms with Gasteiger partial charge in [0.2, 0.25) is 0 Å². The Labute approximate surface area is 149 Å². The van der Waals surface area contributed by atoms with Crippen molar-refractivity contribution in [2.75, 3.05) is 18.5 Å². The second kappa shape index (κ2) is 9.11. The van der Waals surface area contributed by atoms with E-state index in [4.69, 9.17) is 9.47 Å². The van der Waals surface area contributed by atoms with Gasteiger partial charge in [-0.2, -0.15) is 5.10 Å². The summed E-state index contributed by atoms with van der Waals surface area (Å²) in [5, 5.41) is 7.12. The van der Waals surface area contributed by atoms with E-state index in [-0.39, 0.29) is 11.9 Å². The predicted octanol–water partition coefficient (Wildman–Crippen LogP) is 4.29. The molecule has 0 atom stereocenters. The molecule has 1 N–H and O–H groups in total. The van der Waals surface area contributed by atoms with E-state index in [2.05, 4.69) is 17.3 Å². The summed E-state index contributed by atoms with van der Waals surface area (Å²) in [6.45, 7) is 9.19. The lowest BCUT2D eigenvalue weighted by Crippen LogP contribution is -2.17. The van der Waals surface area contributed by atoms with Gasteiger partial charge in [-0.15, -0.1) is 0 Å². The molecular weight excluding hydrogens is 318 g/mol. The van der Waals surface area contributed by atoms with Crippen molar-refractivity contribution in [3.8, 4) is 11.5 Å². The molecule has 1 amide bonds. The fraction of sp³-hybridized carbons (Fsp3) is 0.474. The molecule has 2 rings (SSSR count). The number of ether oxygens (including phenoxy) is 2. The van der Waals surface area contributed by atoms with Crippen LogP contribution >= 0.6 is 0 Å². The molecule has 1 aromatic heterocycles. The van der Waals surface area contributed by atoms with Crippen LogP contribution in [0.3, 0.4) is 0 Å². The molecule has 0 saturated heterocycles. The number of unbranched alkanes of at least 4 members (excludes halogenated alkanes) is 1. The molecule has 0 aliphatic heterocycles. The number of carbonyl (C=O) groups excluding carboxylic acids is 1. The highest BCUT2D eigenvalue weighted by atomic mass is 16.5. The molecule has 0 aliphatic carbocycles. The molecule has 0 fully saturated rings. The van der Waals surface area contributed by atoms with Crippen LogP contribution in [0.1, 0.15) is 56.9 Å². The minimum atomic E-state index is -0.205. The lowest BCUT2D eigenvalue weighted by Gasteiger charge is -2.14. The molecule has 0 saturated carbocycles. The molecule has 0 spiro atoms. The normalized spacial score (nSPS) is 10.8. The number of benzene rings is 1. The number of aromatic nitrogens is 2. The van der Waals surface area contributed by atoms with Gasteiger partial charge in [0, 0.05) is 17.7 Å². The molecule has 6 heteroatoms. The number of anilines is 1. The zero-order valence-corrected chi connectivity index (χ0v) is 15.4. The van der Waals surface area contributed by atoms with Crippen molar-refractivity contribution in [1.29, 1.82) is 0 Å². The van der Waals surface area contributed by atoms with Gasteiger partial charge in [-0.05, 0) is 45.4 Å². The highest BCUT2D eigenvalue weighted by molar-refractivity contribution is 6.04. The second-order valence-corrected chi connectivity index (χ2v) is 6.01. The van der Waals surface area contributed by atoms with Crippen molar-refractivity contribution >= 4 is 11.7 Å². The summed E-state index contributed by atoms with van der Waals surface area (Å²) in [5.41, 5.74) is 0.516. The van der Waals surface area contributed by atoms with Crippen LogP contribution in [-0.2, 0) is 0 Å². The van der Waals surface area contributed by atoms with Gasteiger partial charge in [-0.3, -0.25) is 4.79 Å². The fourth-order valence-corrected chi connectivity index (χ4v) is 2.38. The maximum Gasteiger partial charge on any atom is 0.256 e. The van der Waals surface area contributed by atoms with Crippen molar-refractivity contribution in [3.63, 3.8) is 0 Å². The van der Waals surface area contributed by atoms with Gasteiger partial charge in [0.1, 0.15) is 5.82 Å². The molecule has 0 unspecified atom stereocenters. The fourth-order valence-electron chi connectivity index (χ4n) is 2.38. The number of carbonyl (C=O) groups is 1. The molecular formula is C19H27N3O3. The van der Waals surface area contributed by atoms with Gasteiger partial charge in [0.05, 0.1) is 19.4 Å². The van der Waals surface area contributed by atoms with Crippen LogP contribution in [0, 0.1) is 0 Å². The average molecular weight is 345 g/mol. The van der Waals surface area contributed by atoms with E-state index in [1.54, 1.807) is 35.1 Å². The Morgan fingerprint density at radius 1 is 1.20 bits per heavy atom. The minimum Gasteiger partial charge on any atom is -0.490 e. The molecule has 1 heterocycles. The SMILES string of the molecule is CCCCOc1ccc(C(=O)Nc2ccnn2C(C)C)cc1OCC. The number of hydrogen-bond donors (Lipinski definition) is 1. The Balaban J connectivity index is 2.16. The van der Waals surface area contributed by atoms with E-state index in [9.17, 15) is 4.79 Å². The second-order valence-electron chi connectivity index (χ2n) is 6.01. The van der Waals surface area contributed by atoms with Crippen LogP contribution in [0.15, 0.2) is 30.5 Å². The summed E-state index contributed by atoms with van der Waals surface area (Å²) < 4.78 is 13.2. The lowest BCUT2D eigenvalue weighted by molar-refractivity contribution is 0.102. The van der Waals surface area contributed by atoms with Gasteiger partial charge >= 0.3 is 0 Å². The standard InChI is InChI=1S/C19H27N3O3/c1-5-7-12-25-16-9-8-15(13-17(16)24-6-2)19(23)21-18-10-11-20-22(18)14(3)4/h8-11,13-14H,5-7,12H2,1-4H3,(H,21,23). The first-order valence-corrected chi connectivity index (χ1v) is 8.81. The first kappa shape index (κ1) is 18.8. The van der Waals surface area contributed by atoms with Crippen LogP contribution in [-0.4, -0.2) is 28.9 Å². The van der Waals surface area contributed by atoms with Crippen LogP contribution in [0.5, 0.6) is 11.5 Å². The van der Waals surface area contributed by atoms with Crippen molar-refractivity contribution in [2.24, 2.45) is 0 Å². The van der Waals surface area contributed by atoms with E-state index in [0.717, 1.165) is 12.8 Å². The third-order valence-corrected chi connectivity index (χ3v) is 3.66. The summed E-state index contributed by atoms with van der Waals surface area (Å²) in [5.74, 6) is 1.72. The third-order valence-electron chi connectivity index (χ3n) is 3.66. The monoisotopic (exact) mass is 345 g/mol. The number of nitrogens with zero attached hydrogens (tertiary/aromatic N) is 2. The molecule has 6 nitrogen and oxygen atoms in total. The van der Waals surface area contributed by atoms with Crippen LogP contribution in [0.4, 0.5) is 5.82 Å². The number of hydrogen-bond acceptors (Lipinski definition) is 4. The number of amides is 1. The number of rotatable bonds is 9. The van der Waals surface area contributed by atoms with E-state index in [1.165, 1.54) is 0 Å². The summed E-state index contributed by atoms with van der Waals surface area (Å²) in [4.78, 5) is 12.6. The molecule has 2 aromatic rings. The highest BCUT2D eigenvalue weighted by Crippen LogP contribution is 2.29. The topological polar surface area (TPSA) is 65.4 Å². The minimum absolute atomic E-state index is 0.165. The van der Waals surface area contributed by atoms with Gasteiger partial charge in [-0.25, -0.2) is 4.68 Å². The van der Waals surface area contributed by atoms with Gasteiger partial charge in [0.25, 0.3) is 5.91 Å². The van der Waals surface area contributed by atoms with Gasteiger partial charge in [0.15, 0.2) is 11.5 Å². The maximum absolute atomic E-state index is 12.6. The largest absolute Gasteiger partial charge is 0.490 e. The van der Waals surface area contributed by atoms with Crippen molar-refractivity contribution in [1.82, 2.24) is 9.78 Å². The van der Waals surface area contributed by atoms with E-state index >= 15 is 0 Å². The zero-order chi connectivity index (χ0) is 18.2. The molecule has 1 aromatic carbocycles. The zero-order valence-electron chi connectivity index (χ0n) is 15.4.